The molecule has 0 saturated carbocycles. The Bertz CT molecular complexity index is 1610. The van der Waals surface area contributed by atoms with Gasteiger partial charge in [0.05, 0.1) is 5.52 Å². The number of alkyl halides is 3. The number of thiazole rings is 1. The smallest absolute Gasteiger partial charge is 0.434 e. The summed E-state index contributed by atoms with van der Waals surface area (Å²) in [4.78, 5) is 44.7. The summed E-state index contributed by atoms with van der Waals surface area (Å²) in [6.07, 6.45) is -2.00. The molecule has 38 heavy (non-hydrogen) atoms. The van der Waals surface area contributed by atoms with Crippen molar-refractivity contribution in [1.82, 2.24) is 19.9 Å². The van der Waals surface area contributed by atoms with Gasteiger partial charge in [-0.1, -0.05) is 6.07 Å². The predicted octanol–water partition coefficient (Wildman–Crippen LogP) is 5.63. The Labute approximate surface area is 218 Å². The fourth-order valence-electron chi connectivity index (χ4n) is 3.88. The molecule has 0 spiro atoms. The molecule has 4 aromatic rings. The lowest BCUT2D eigenvalue weighted by molar-refractivity contribution is -0.140. The maximum atomic E-state index is 13.3. The van der Waals surface area contributed by atoms with Gasteiger partial charge in [-0.2, -0.15) is 13.2 Å². The Hall–Kier alpha value is -4.26. The summed E-state index contributed by atoms with van der Waals surface area (Å²) < 4.78 is 41.5. The first-order chi connectivity index (χ1) is 17.9. The van der Waals surface area contributed by atoms with E-state index in [9.17, 15) is 32.7 Å². The third-order valence-electron chi connectivity index (χ3n) is 5.64. The summed E-state index contributed by atoms with van der Waals surface area (Å²) in [6.45, 7) is 5.75. The zero-order chi connectivity index (χ0) is 27.8. The Kier molecular flexibility index (Phi) is 7.22. The largest absolute Gasteiger partial charge is 0.477 e. The molecule has 0 fully saturated rings. The van der Waals surface area contributed by atoms with Crippen LogP contribution in [0.5, 0.6) is 0 Å². The number of halogens is 3. The highest BCUT2D eigenvalue weighted by Crippen LogP contribution is 2.39. The normalized spacial score (nSPS) is 11.7. The number of amides is 2. The highest BCUT2D eigenvalue weighted by Gasteiger charge is 2.34. The molecule has 2 amide bonds. The van der Waals surface area contributed by atoms with Gasteiger partial charge >= 0.3 is 18.2 Å². The van der Waals surface area contributed by atoms with Crippen LogP contribution >= 0.6 is 11.3 Å². The van der Waals surface area contributed by atoms with Crippen LogP contribution in [0.3, 0.4) is 0 Å². The number of hydrogen-bond donors (Lipinski definition) is 3. The van der Waals surface area contributed by atoms with Crippen LogP contribution in [0.4, 0.5) is 23.8 Å². The second-order valence-corrected chi connectivity index (χ2v) is 9.40. The minimum Gasteiger partial charge on any atom is -0.477 e. The number of anilines is 1. The second kappa shape index (κ2) is 10.2. The molecule has 0 saturated heterocycles. The van der Waals surface area contributed by atoms with Crippen LogP contribution in [0.1, 0.15) is 42.9 Å². The van der Waals surface area contributed by atoms with Crippen molar-refractivity contribution < 1.29 is 27.9 Å². The number of hydrogen-bond acceptors (Lipinski definition) is 6. The average molecular weight is 546 g/mol. The van der Waals surface area contributed by atoms with Gasteiger partial charge in [-0.05, 0) is 44.5 Å². The van der Waals surface area contributed by atoms with Crippen LogP contribution in [0.2, 0.25) is 0 Å². The SMILES string of the molecule is CCNC(=O)Nc1cc(-c2nc(C(F)(F)F)cs2)c(-c2ccc3c(c2)c(=O)c(C(=O)O)cn3C(C)C)cn1. The van der Waals surface area contributed by atoms with Crippen molar-refractivity contribution in [2.45, 2.75) is 33.0 Å². The lowest BCUT2D eigenvalue weighted by atomic mass is 9.99. The predicted molar refractivity (Wildman–Crippen MR) is 138 cm³/mol. The Morgan fingerprint density at radius 1 is 1.18 bits per heavy atom. The van der Waals surface area contributed by atoms with E-state index in [1.54, 1.807) is 23.6 Å². The molecular formula is C25H22F3N5O4S. The zero-order valence-electron chi connectivity index (χ0n) is 20.4. The number of carboxylic acid groups (broad SMARTS) is 1. The molecule has 0 bridgehead atoms. The molecule has 0 aliphatic carbocycles. The molecule has 0 unspecified atom stereocenters. The van der Waals surface area contributed by atoms with Gasteiger partial charge in [0.15, 0.2) is 5.69 Å². The fourth-order valence-corrected chi connectivity index (χ4v) is 4.74. The van der Waals surface area contributed by atoms with E-state index >= 15 is 0 Å². The van der Waals surface area contributed by atoms with Gasteiger partial charge < -0.3 is 15.0 Å². The van der Waals surface area contributed by atoms with Gasteiger partial charge in [0.1, 0.15) is 16.4 Å². The van der Waals surface area contributed by atoms with Crippen LogP contribution in [-0.2, 0) is 6.18 Å². The van der Waals surface area contributed by atoms with Gasteiger partial charge in [0.25, 0.3) is 0 Å². The summed E-state index contributed by atoms with van der Waals surface area (Å²) >= 11 is 0.765. The number of fused-ring (bicyclic) bond motifs is 1. The second-order valence-electron chi connectivity index (χ2n) is 8.55. The molecule has 4 rings (SSSR count). The topological polar surface area (TPSA) is 126 Å². The third-order valence-corrected chi connectivity index (χ3v) is 6.51. The summed E-state index contributed by atoms with van der Waals surface area (Å²) in [7, 11) is 0. The molecule has 3 aromatic heterocycles. The third kappa shape index (κ3) is 5.23. The van der Waals surface area contributed by atoms with Crippen LogP contribution in [0.25, 0.3) is 32.6 Å². The zero-order valence-corrected chi connectivity index (χ0v) is 21.2. The number of benzene rings is 1. The molecule has 0 aliphatic rings. The lowest BCUT2D eigenvalue weighted by Crippen LogP contribution is -2.28. The van der Waals surface area contributed by atoms with Crippen molar-refractivity contribution in [3.63, 3.8) is 0 Å². The van der Waals surface area contributed by atoms with Crippen molar-refractivity contribution in [2.75, 3.05) is 11.9 Å². The van der Waals surface area contributed by atoms with E-state index in [0.29, 0.717) is 23.2 Å². The molecule has 3 heterocycles. The van der Waals surface area contributed by atoms with Crippen molar-refractivity contribution in [2.24, 2.45) is 0 Å². The van der Waals surface area contributed by atoms with Gasteiger partial charge in [-0.25, -0.2) is 19.6 Å². The highest BCUT2D eigenvalue weighted by atomic mass is 32.1. The van der Waals surface area contributed by atoms with Crippen LogP contribution < -0.4 is 16.1 Å². The number of carboxylic acids is 1. The van der Waals surface area contributed by atoms with Crippen LogP contribution in [0.15, 0.2) is 46.8 Å². The highest BCUT2D eigenvalue weighted by molar-refractivity contribution is 7.13. The Morgan fingerprint density at radius 3 is 2.53 bits per heavy atom. The Balaban J connectivity index is 1.94. The molecular weight excluding hydrogens is 523 g/mol. The van der Waals surface area contributed by atoms with Crippen molar-refractivity contribution in [3.8, 4) is 21.7 Å². The number of rotatable bonds is 6. The van der Waals surface area contributed by atoms with Crippen molar-refractivity contribution >= 4 is 40.1 Å². The van der Waals surface area contributed by atoms with Gasteiger partial charge in [0.2, 0.25) is 5.43 Å². The molecule has 1 aromatic carbocycles. The first-order valence-electron chi connectivity index (χ1n) is 11.4. The van der Waals surface area contributed by atoms with E-state index in [2.05, 4.69) is 20.6 Å². The van der Waals surface area contributed by atoms with Gasteiger partial charge in [-0.15, -0.1) is 11.3 Å². The van der Waals surface area contributed by atoms with Crippen molar-refractivity contribution in [1.29, 1.82) is 0 Å². The van der Waals surface area contributed by atoms with Gasteiger partial charge in [0, 0.05) is 46.9 Å². The van der Waals surface area contributed by atoms with E-state index in [4.69, 9.17) is 0 Å². The number of urea groups is 1. The average Bonchev–Trinajstić information content (AvgIpc) is 3.35. The van der Waals surface area contributed by atoms with Crippen molar-refractivity contribution in [3.05, 3.63) is 63.5 Å². The first kappa shape index (κ1) is 26.8. The monoisotopic (exact) mass is 545 g/mol. The summed E-state index contributed by atoms with van der Waals surface area (Å²) in [6, 6.07) is 5.49. The van der Waals surface area contributed by atoms with E-state index < -0.39 is 34.9 Å². The summed E-state index contributed by atoms with van der Waals surface area (Å²) in [5, 5.41) is 15.7. The number of carbonyl (C=O) groups is 2. The van der Waals surface area contributed by atoms with E-state index in [1.807, 2.05) is 13.8 Å². The molecule has 3 N–H and O–H groups in total. The summed E-state index contributed by atoms with van der Waals surface area (Å²) in [5.41, 5.74) is -0.678. The van der Waals surface area contributed by atoms with E-state index in [0.717, 1.165) is 16.7 Å². The minimum atomic E-state index is -4.65. The maximum Gasteiger partial charge on any atom is 0.434 e. The molecule has 0 radical (unpaired) electrons. The maximum absolute atomic E-state index is 13.3. The first-order valence-corrected chi connectivity index (χ1v) is 12.3. The number of nitrogens with one attached hydrogen (secondary N) is 2. The number of carbonyl (C=O) groups excluding carboxylic acids is 1. The van der Waals surface area contributed by atoms with E-state index in [1.165, 1.54) is 24.5 Å². The molecule has 0 atom stereocenters. The number of aromatic carboxylic acids is 1. The minimum absolute atomic E-state index is 0.0210. The lowest BCUT2D eigenvalue weighted by Gasteiger charge is -2.17. The quantitative estimate of drug-likeness (QED) is 0.288. The van der Waals surface area contributed by atoms with Crippen LogP contribution in [0, 0.1) is 0 Å². The summed E-state index contributed by atoms with van der Waals surface area (Å²) in [5.74, 6) is -1.29. The molecule has 0 aliphatic heterocycles. The number of pyridine rings is 2. The number of nitrogens with zero attached hydrogens (tertiary/aromatic N) is 3. The fraction of sp³-hybridized carbons (Fsp3) is 0.240. The van der Waals surface area contributed by atoms with Crippen LogP contribution in [-0.4, -0.2) is 38.2 Å². The van der Waals surface area contributed by atoms with E-state index in [-0.39, 0.29) is 27.8 Å². The Morgan fingerprint density at radius 2 is 1.92 bits per heavy atom. The molecule has 198 valence electrons. The van der Waals surface area contributed by atoms with Gasteiger partial charge in [-0.3, -0.25) is 10.1 Å². The standard InChI is InChI=1S/C25H22F3N5O4S/c1-4-29-24(37)32-20-8-14(22-31-19(11-38-22)25(26,27)28)16(9-30-20)13-5-6-18-15(7-13)21(34)17(23(35)36)10-33(18)12(2)3/h5-12H,4H2,1-3H3,(H,35,36)(H2,29,30,32,37). The molecule has 13 heteroatoms. The molecule has 9 nitrogen and oxygen atoms in total. The number of aromatic nitrogens is 3.